The normalized spacial score (nSPS) is 38.8. The molecule has 14 heavy (non-hydrogen) atoms. The fraction of sp³-hybridized carbons (Fsp3) is 1.00. The minimum absolute atomic E-state index is 0.836. The molecule has 2 fully saturated rings. The molecule has 1 saturated carbocycles. The van der Waals surface area contributed by atoms with Crippen LogP contribution >= 0.6 is 11.8 Å². The van der Waals surface area contributed by atoms with Gasteiger partial charge in [0.2, 0.25) is 0 Å². The minimum atomic E-state index is 0.836. The number of hydrogen-bond acceptors (Lipinski definition) is 2. The Morgan fingerprint density at radius 2 is 1.86 bits per heavy atom. The van der Waals surface area contributed by atoms with E-state index in [1.165, 1.54) is 50.0 Å². The first-order chi connectivity index (χ1) is 6.88. The average molecular weight is 213 g/mol. The summed E-state index contributed by atoms with van der Waals surface area (Å²) < 4.78 is 0. The average Bonchev–Trinajstić information content (AvgIpc) is 2.72. The number of thioether (sulfide) groups is 1. The Hall–Kier alpha value is 0.310. The lowest BCUT2D eigenvalue weighted by Crippen LogP contribution is -2.40. The fourth-order valence-corrected chi connectivity index (χ4v) is 3.90. The molecule has 0 amide bonds. The van der Waals surface area contributed by atoms with Crippen LogP contribution in [0.2, 0.25) is 0 Å². The molecule has 82 valence electrons. The highest BCUT2D eigenvalue weighted by Gasteiger charge is 2.23. The van der Waals surface area contributed by atoms with Crippen LogP contribution in [0.5, 0.6) is 0 Å². The van der Waals surface area contributed by atoms with Crippen molar-refractivity contribution in [2.24, 2.45) is 5.92 Å². The van der Waals surface area contributed by atoms with Crippen LogP contribution in [0.1, 0.15) is 45.4 Å². The molecule has 1 saturated heterocycles. The van der Waals surface area contributed by atoms with E-state index < -0.39 is 0 Å². The predicted molar refractivity (Wildman–Crippen MR) is 64.9 cm³/mol. The van der Waals surface area contributed by atoms with Crippen molar-refractivity contribution in [1.29, 1.82) is 0 Å². The molecule has 1 aliphatic heterocycles. The molecule has 0 aromatic carbocycles. The van der Waals surface area contributed by atoms with Crippen molar-refractivity contribution in [1.82, 2.24) is 5.32 Å². The molecule has 2 aliphatic rings. The van der Waals surface area contributed by atoms with E-state index in [1.54, 1.807) is 0 Å². The highest BCUT2D eigenvalue weighted by Crippen LogP contribution is 2.28. The third-order valence-electron chi connectivity index (χ3n) is 3.83. The quantitative estimate of drug-likeness (QED) is 0.773. The van der Waals surface area contributed by atoms with Gasteiger partial charge in [-0.05, 0) is 43.8 Å². The van der Waals surface area contributed by atoms with Gasteiger partial charge >= 0.3 is 0 Å². The molecule has 2 rings (SSSR count). The highest BCUT2D eigenvalue weighted by atomic mass is 32.2. The van der Waals surface area contributed by atoms with E-state index in [0.29, 0.717) is 0 Å². The molecule has 0 bridgehead atoms. The summed E-state index contributed by atoms with van der Waals surface area (Å²) in [5, 5.41) is 3.84. The van der Waals surface area contributed by atoms with Crippen molar-refractivity contribution in [2.45, 2.75) is 57.5 Å². The lowest BCUT2D eigenvalue weighted by atomic mass is 9.84. The maximum atomic E-state index is 3.84. The Bertz CT molecular complexity index is 158. The Morgan fingerprint density at radius 3 is 2.43 bits per heavy atom. The van der Waals surface area contributed by atoms with Crippen LogP contribution in [-0.4, -0.2) is 23.6 Å². The van der Waals surface area contributed by atoms with Crippen LogP contribution in [-0.2, 0) is 0 Å². The van der Waals surface area contributed by atoms with Crippen LogP contribution in [0.3, 0.4) is 0 Å². The largest absolute Gasteiger partial charge is 0.310 e. The van der Waals surface area contributed by atoms with E-state index in [0.717, 1.165) is 18.0 Å². The van der Waals surface area contributed by atoms with E-state index in [4.69, 9.17) is 0 Å². The topological polar surface area (TPSA) is 12.0 Å². The molecule has 0 spiro atoms. The zero-order valence-electron chi connectivity index (χ0n) is 9.30. The molecule has 0 aromatic heterocycles. The second-order valence-electron chi connectivity index (χ2n) is 4.85. The summed E-state index contributed by atoms with van der Waals surface area (Å²) in [4.78, 5) is 0. The van der Waals surface area contributed by atoms with Gasteiger partial charge in [-0.15, -0.1) is 0 Å². The lowest BCUT2D eigenvalue weighted by molar-refractivity contribution is 0.273. The van der Waals surface area contributed by atoms with Crippen LogP contribution in [0, 0.1) is 5.92 Å². The highest BCUT2D eigenvalue weighted by molar-refractivity contribution is 7.99. The molecular weight excluding hydrogens is 190 g/mol. The first-order valence-electron chi connectivity index (χ1n) is 6.22. The monoisotopic (exact) mass is 213 g/mol. The summed E-state index contributed by atoms with van der Waals surface area (Å²) in [6, 6.07) is 1.68. The van der Waals surface area contributed by atoms with Crippen molar-refractivity contribution in [3.05, 3.63) is 0 Å². The lowest BCUT2D eigenvalue weighted by Gasteiger charge is -2.30. The maximum Gasteiger partial charge on any atom is 0.0168 e. The summed E-state index contributed by atoms with van der Waals surface area (Å²) in [6.07, 6.45) is 8.59. The summed E-state index contributed by atoms with van der Waals surface area (Å²) >= 11 is 2.11. The molecule has 2 heteroatoms. The number of rotatable bonds is 3. The first-order valence-corrected chi connectivity index (χ1v) is 7.37. The Kier molecular flexibility index (Phi) is 4.18. The van der Waals surface area contributed by atoms with Gasteiger partial charge in [0.05, 0.1) is 0 Å². The number of nitrogens with one attached hydrogen (secondary N) is 1. The molecule has 0 aromatic rings. The predicted octanol–water partition coefficient (Wildman–Crippen LogP) is 3.05. The summed E-state index contributed by atoms with van der Waals surface area (Å²) in [5.74, 6) is 3.77. The summed E-state index contributed by atoms with van der Waals surface area (Å²) in [5.41, 5.74) is 0. The molecule has 1 unspecified atom stereocenters. The SMILES string of the molecule is CCC1CCC(NC2CCSC2)CC1. The molecule has 1 atom stereocenters. The van der Waals surface area contributed by atoms with Crippen molar-refractivity contribution < 1.29 is 0 Å². The van der Waals surface area contributed by atoms with Gasteiger partial charge in [0.25, 0.3) is 0 Å². The molecule has 0 radical (unpaired) electrons. The van der Waals surface area contributed by atoms with E-state index in [9.17, 15) is 0 Å². The third kappa shape index (κ3) is 2.90. The smallest absolute Gasteiger partial charge is 0.0168 e. The van der Waals surface area contributed by atoms with Gasteiger partial charge in [0.15, 0.2) is 0 Å². The van der Waals surface area contributed by atoms with Gasteiger partial charge in [0, 0.05) is 17.8 Å². The molecule has 1 N–H and O–H groups in total. The van der Waals surface area contributed by atoms with Gasteiger partial charge in [-0.25, -0.2) is 0 Å². The van der Waals surface area contributed by atoms with Crippen molar-refractivity contribution >= 4 is 11.8 Å². The Labute approximate surface area is 92.4 Å². The Balaban J connectivity index is 1.67. The van der Waals surface area contributed by atoms with E-state index in [-0.39, 0.29) is 0 Å². The second-order valence-corrected chi connectivity index (χ2v) is 6.00. The first kappa shape index (κ1) is 10.8. The molecule has 1 nitrogen and oxygen atoms in total. The van der Waals surface area contributed by atoms with Crippen molar-refractivity contribution in [2.75, 3.05) is 11.5 Å². The van der Waals surface area contributed by atoms with Crippen molar-refractivity contribution in [3.63, 3.8) is 0 Å². The van der Waals surface area contributed by atoms with E-state index in [1.807, 2.05) is 0 Å². The van der Waals surface area contributed by atoms with Crippen LogP contribution in [0.25, 0.3) is 0 Å². The maximum absolute atomic E-state index is 3.84. The molecule has 1 aliphatic carbocycles. The van der Waals surface area contributed by atoms with E-state index in [2.05, 4.69) is 24.0 Å². The zero-order valence-corrected chi connectivity index (χ0v) is 10.1. The standard InChI is InChI=1S/C12H23NS/c1-2-10-3-5-11(6-4-10)13-12-7-8-14-9-12/h10-13H,2-9H2,1H3. The van der Waals surface area contributed by atoms with Crippen LogP contribution < -0.4 is 5.32 Å². The molecular formula is C12H23NS. The van der Waals surface area contributed by atoms with Gasteiger partial charge in [-0.1, -0.05) is 13.3 Å². The van der Waals surface area contributed by atoms with Crippen LogP contribution in [0.15, 0.2) is 0 Å². The molecule has 1 heterocycles. The zero-order chi connectivity index (χ0) is 9.80. The second kappa shape index (κ2) is 5.41. The Morgan fingerprint density at radius 1 is 1.07 bits per heavy atom. The summed E-state index contributed by atoms with van der Waals surface area (Å²) in [7, 11) is 0. The van der Waals surface area contributed by atoms with Gasteiger partial charge in [0.1, 0.15) is 0 Å². The van der Waals surface area contributed by atoms with Crippen molar-refractivity contribution in [3.8, 4) is 0 Å². The summed E-state index contributed by atoms with van der Waals surface area (Å²) in [6.45, 7) is 2.34. The van der Waals surface area contributed by atoms with E-state index >= 15 is 0 Å². The van der Waals surface area contributed by atoms with Crippen LogP contribution in [0.4, 0.5) is 0 Å². The van der Waals surface area contributed by atoms with Gasteiger partial charge in [-0.2, -0.15) is 11.8 Å². The minimum Gasteiger partial charge on any atom is -0.310 e. The number of hydrogen-bond donors (Lipinski definition) is 1. The third-order valence-corrected chi connectivity index (χ3v) is 4.99. The fourth-order valence-electron chi connectivity index (χ4n) is 2.74. The van der Waals surface area contributed by atoms with Gasteiger partial charge in [-0.3, -0.25) is 0 Å². The van der Waals surface area contributed by atoms with Gasteiger partial charge < -0.3 is 5.32 Å².